The van der Waals surface area contributed by atoms with Crippen LogP contribution in [0.1, 0.15) is 45.5 Å². The SMILES string of the molecule is COc1ccc(Cl)cc1NC(=O)c1sc2nc(C3CC3)nc(C)c2c1C. The van der Waals surface area contributed by atoms with Crippen molar-refractivity contribution >= 4 is 44.7 Å². The minimum atomic E-state index is -0.196. The lowest BCUT2D eigenvalue weighted by Crippen LogP contribution is -2.12. The number of fused-ring (bicyclic) bond motifs is 1. The number of aryl methyl sites for hydroxylation is 2. The van der Waals surface area contributed by atoms with E-state index >= 15 is 0 Å². The zero-order chi connectivity index (χ0) is 18.4. The Morgan fingerprint density at radius 3 is 2.77 bits per heavy atom. The van der Waals surface area contributed by atoms with Gasteiger partial charge in [-0.1, -0.05) is 11.6 Å². The number of ether oxygens (including phenoxy) is 1. The molecule has 1 saturated carbocycles. The molecule has 3 aromatic rings. The van der Waals surface area contributed by atoms with Gasteiger partial charge in [0.05, 0.1) is 23.4 Å². The first-order chi connectivity index (χ1) is 12.5. The van der Waals surface area contributed by atoms with Crippen LogP contribution in [0.3, 0.4) is 0 Å². The number of nitrogens with one attached hydrogen (secondary N) is 1. The number of methoxy groups -OCH3 is 1. The number of nitrogens with zero attached hydrogens (tertiary/aromatic N) is 2. The number of hydrogen-bond acceptors (Lipinski definition) is 5. The maximum Gasteiger partial charge on any atom is 0.266 e. The third-order valence-electron chi connectivity index (χ3n) is 4.55. The van der Waals surface area contributed by atoms with Crippen LogP contribution in [0.2, 0.25) is 5.02 Å². The zero-order valence-corrected chi connectivity index (χ0v) is 16.3. The summed E-state index contributed by atoms with van der Waals surface area (Å²) in [6, 6.07) is 5.13. The summed E-state index contributed by atoms with van der Waals surface area (Å²) in [5, 5.41) is 4.41. The second-order valence-corrected chi connectivity index (χ2v) is 7.91. The highest BCUT2D eigenvalue weighted by Gasteiger charge is 2.28. The van der Waals surface area contributed by atoms with Gasteiger partial charge in [0.1, 0.15) is 16.4 Å². The molecule has 0 spiro atoms. The van der Waals surface area contributed by atoms with E-state index in [1.54, 1.807) is 25.3 Å². The van der Waals surface area contributed by atoms with Crippen LogP contribution >= 0.6 is 22.9 Å². The van der Waals surface area contributed by atoms with E-state index in [9.17, 15) is 4.79 Å². The van der Waals surface area contributed by atoms with E-state index < -0.39 is 0 Å². The lowest BCUT2D eigenvalue weighted by atomic mass is 10.1. The van der Waals surface area contributed by atoms with Crippen molar-refractivity contribution in [3.05, 3.63) is 45.2 Å². The van der Waals surface area contributed by atoms with E-state index in [-0.39, 0.29) is 5.91 Å². The first-order valence-electron chi connectivity index (χ1n) is 8.40. The molecule has 0 bridgehead atoms. The number of carbonyl (C=O) groups excluding carboxylic acids is 1. The second-order valence-electron chi connectivity index (χ2n) is 6.48. The van der Waals surface area contributed by atoms with Crippen LogP contribution in [-0.4, -0.2) is 23.0 Å². The molecular formula is C19H18ClN3O2S. The number of anilines is 1. The normalized spacial score (nSPS) is 13.8. The molecule has 1 aliphatic carbocycles. The molecule has 1 aromatic carbocycles. The van der Waals surface area contributed by atoms with Gasteiger partial charge in [0.2, 0.25) is 0 Å². The molecule has 4 rings (SSSR count). The molecule has 1 N–H and O–H groups in total. The van der Waals surface area contributed by atoms with Crippen molar-refractivity contribution < 1.29 is 9.53 Å². The van der Waals surface area contributed by atoms with Crippen molar-refractivity contribution in [2.45, 2.75) is 32.6 Å². The largest absolute Gasteiger partial charge is 0.495 e. The molecular weight excluding hydrogens is 370 g/mol. The van der Waals surface area contributed by atoms with Crippen LogP contribution in [-0.2, 0) is 0 Å². The molecule has 26 heavy (non-hydrogen) atoms. The number of halogens is 1. The summed E-state index contributed by atoms with van der Waals surface area (Å²) in [6.07, 6.45) is 2.30. The van der Waals surface area contributed by atoms with Gasteiger partial charge in [-0.05, 0) is 50.5 Å². The minimum Gasteiger partial charge on any atom is -0.495 e. The molecule has 0 saturated heterocycles. The summed E-state index contributed by atoms with van der Waals surface area (Å²) in [5.41, 5.74) is 2.39. The van der Waals surface area contributed by atoms with Crippen LogP contribution in [0.15, 0.2) is 18.2 Å². The van der Waals surface area contributed by atoms with Crippen molar-refractivity contribution in [3.8, 4) is 5.75 Å². The molecule has 134 valence electrons. The van der Waals surface area contributed by atoms with Crippen molar-refractivity contribution in [1.29, 1.82) is 0 Å². The highest BCUT2D eigenvalue weighted by molar-refractivity contribution is 7.20. The maximum absolute atomic E-state index is 12.9. The van der Waals surface area contributed by atoms with Gasteiger partial charge in [0.25, 0.3) is 5.91 Å². The quantitative estimate of drug-likeness (QED) is 0.676. The van der Waals surface area contributed by atoms with Gasteiger partial charge in [-0.3, -0.25) is 4.79 Å². The smallest absolute Gasteiger partial charge is 0.266 e. The van der Waals surface area contributed by atoms with Crippen molar-refractivity contribution in [3.63, 3.8) is 0 Å². The predicted octanol–water partition coefficient (Wildman–Crippen LogP) is 5.10. The molecule has 2 aromatic heterocycles. The molecule has 1 fully saturated rings. The van der Waals surface area contributed by atoms with Crippen LogP contribution in [0.5, 0.6) is 5.75 Å². The number of rotatable bonds is 4. The van der Waals surface area contributed by atoms with Crippen LogP contribution in [0.25, 0.3) is 10.2 Å². The number of hydrogen-bond donors (Lipinski definition) is 1. The standard InChI is InChI=1S/C19H18ClN3O2S/c1-9-15-10(2)21-17(11-4-5-11)23-19(15)26-16(9)18(24)22-13-8-12(20)6-7-14(13)25-3/h6-8,11H,4-5H2,1-3H3,(H,22,24). The molecule has 1 aliphatic rings. The highest BCUT2D eigenvalue weighted by atomic mass is 35.5. The number of benzene rings is 1. The Morgan fingerprint density at radius 1 is 1.31 bits per heavy atom. The zero-order valence-electron chi connectivity index (χ0n) is 14.7. The summed E-state index contributed by atoms with van der Waals surface area (Å²) in [6.45, 7) is 3.92. The van der Waals surface area contributed by atoms with Gasteiger partial charge in [-0.2, -0.15) is 0 Å². The van der Waals surface area contributed by atoms with Gasteiger partial charge in [0.15, 0.2) is 0 Å². The minimum absolute atomic E-state index is 0.196. The van der Waals surface area contributed by atoms with E-state index in [1.165, 1.54) is 11.3 Å². The van der Waals surface area contributed by atoms with Crippen molar-refractivity contribution in [2.24, 2.45) is 0 Å². The first kappa shape index (κ1) is 17.2. The number of thiophene rings is 1. The number of amides is 1. The fourth-order valence-corrected chi connectivity index (χ4v) is 4.36. The van der Waals surface area contributed by atoms with E-state index in [0.717, 1.165) is 40.1 Å². The third kappa shape index (κ3) is 3.04. The average Bonchev–Trinajstić information content (AvgIpc) is 3.39. The van der Waals surface area contributed by atoms with Crippen molar-refractivity contribution in [2.75, 3.05) is 12.4 Å². The molecule has 5 nitrogen and oxygen atoms in total. The number of aromatic nitrogens is 2. The van der Waals surface area contributed by atoms with E-state index in [4.69, 9.17) is 21.3 Å². The predicted molar refractivity (Wildman–Crippen MR) is 105 cm³/mol. The molecule has 1 amide bonds. The summed E-state index contributed by atoms with van der Waals surface area (Å²) in [4.78, 5) is 23.7. The van der Waals surface area contributed by atoms with Gasteiger partial charge in [-0.25, -0.2) is 9.97 Å². The monoisotopic (exact) mass is 387 g/mol. The van der Waals surface area contributed by atoms with Gasteiger partial charge in [-0.15, -0.1) is 11.3 Å². The van der Waals surface area contributed by atoms with Crippen LogP contribution in [0.4, 0.5) is 5.69 Å². The maximum atomic E-state index is 12.9. The van der Waals surface area contributed by atoms with E-state index in [1.807, 2.05) is 13.8 Å². The van der Waals surface area contributed by atoms with E-state index in [2.05, 4.69) is 10.3 Å². The Morgan fingerprint density at radius 2 is 2.08 bits per heavy atom. The van der Waals surface area contributed by atoms with Gasteiger partial charge < -0.3 is 10.1 Å². The lowest BCUT2D eigenvalue weighted by Gasteiger charge is -2.10. The number of carbonyl (C=O) groups is 1. The highest BCUT2D eigenvalue weighted by Crippen LogP contribution is 2.40. The molecule has 0 aliphatic heterocycles. The first-order valence-corrected chi connectivity index (χ1v) is 9.60. The fourth-order valence-electron chi connectivity index (χ4n) is 3.06. The summed E-state index contributed by atoms with van der Waals surface area (Å²) in [5.74, 6) is 1.75. The summed E-state index contributed by atoms with van der Waals surface area (Å²) in [7, 11) is 1.56. The molecule has 0 unspecified atom stereocenters. The Kier molecular flexibility index (Phi) is 4.32. The fraction of sp³-hybridized carbons (Fsp3) is 0.316. The summed E-state index contributed by atoms with van der Waals surface area (Å²) < 4.78 is 5.30. The Balaban J connectivity index is 1.72. The third-order valence-corrected chi connectivity index (χ3v) is 5.97. The molecule has 7 heteroatoms. The van der Waals surface area contributed by atoms with E-state index in [0.29, 0.717) is 27.3 Å². The lowest BCUT2D eigenvalue weighted by molar-refractivity contribution is 0.102. The average molecular weight is 388 g/mol. The second kappa shape index (κ2) is 6.52. The van der Waals surface area contributed by atoms with Crippen LogP contribution in [0, 0.1) is 13.8 Å². The van der Waals surface area contributed by atoms with Gasteiger partial charge in [0, 0.05) is 16.3 Å². The topological polar surface area (TPSA) is 64.1 Å². The summed E-state index contributed by atoms with van der Waals surface area (Å²) >= 11 is 7.46. The molecule has 2 heterocycles. The Bertz CT molecular complexity index is 1030. The Labute approximate surface area is 160 Å². The Hall–Kier alpha value is -2.18. The molecule has 0 atom stereocenters. The van der Waals surface area contributed by atoms with Crippen molar-refractivity contribution in [1.82, 2.24) is 9.97 Å². The van der Waals surface area contributed by atoms with Gasteiger partial charge >= 0.3 is 0 Å². The molecule has 0 radical (unpaired) electrons. The van der Waals surface area contributed by atoms with Crippen LogP contribution < -0.4 is 10.1 Å².